The summed E-state index contributed by atoms with van der Waals surface area (Å²) in [6, 6.07) is 7.56. The van der Waals surface area contributed by atoms with Crippen molar-refractivity contribution in [2.75, 3.05) is 7.05 Å². The molecule has 17 heavy (non-hydrogen) atoms. The van der Waals surface area contributed by atoms with Crippen LogP contribution in [0.3, 0.4) is 0 Å². The van der Waals surface area contributed by atoms with E-state index in [-0.39, 0.29) is 18.1 Å². The normalized spacial score (nSPS) is 12.4. The molecule has 0 aliphatic rings. The number of amides is 2. The van der Waals surface area contributed by atoms with Gasteiger partial charge in [-0.2, -0.15) is 0 Å². The van der Waals surface area contributed by atoms with Crippen LogP contribution < -0.4 is 5.32 Å². The second-order valence-electron chi connectivity index (χ2n) is 4.41. The van der Waals surface area contributed by atoms with Gasteiger partial charge in [0.15, 0.2) is 0 Å². The molecule has 0 aromatic heterocycles. The fourth-order valence-corrected chi connectivity index (χ4v) is 1.84. The zero-order valence-corrected chi connectivity index (χ0v) is 11.5. The predicted molar refractivity (Wildman–Crippen MR) is 71.3 cm³/mol. The van der Waals surface area contributed by atoms with E-state index in [2.05, 4.69) is 5.32 Å². The van der Waals surface area contributed by atoms with Crippen molar-refractivity contribution >= 4 is 17.6 Å². The highest BCUT2D eigenvalue weighted by Gasteiger charge is 2.19. The zero-order valence-electron chi connectivity index (χ0n) is 10.7. The molecule has 0 saturated heterocycles. The van der Waals surface area contributed by atoms with Crippen molar-refractivity contribution in [1.29, 1.82) is 0 Å². The monoisotopic (exact) mass is 254 g/mol. The van der Waals surface area contributed by atoms with E-state index < -0.39 is 0 Å². The summed E-state index contributed by atoms with van der Waals surface area (Å²) in [6.45, 7) is 5.83. The number of benzene rings is 1. The molecule has 1 unspecified atom stereocenters. The third-order valence-corrected chi connectivity index (χ3v) is 3.01. The van der Waals surface area contributed by atoms with Gasteiger partial charge in [0.1, 0.15) is 0 Å². The molecule has 0 spiro atoms. The van der Waals surface area contributed by atoms with Crippen LogP contribution in [0.2, 0.25) is 5.02 Å². The Balaban J connectivity index is 2.80. The number of hydrogen-bond donors (Lipinski definition) is 1. The highest BCUT2D eigenvalue weighted by Crippen LogP contribution is 2.26. The molecule has 1 N–H and O–H groups in total. The summed E-state index contributed by atoms with van der Waals surface area (Å²) in [6.07, 6.45) is 0. The van der Waals surface area contributed by atoms with Gasteiger partial charge in [0.25, 0.3) is 0 Å². The molecule has 3 nitrogen and oxygen atoms in total. The SMILES string of the molecule is CC(C)NC(=O)N(C)C(C)c1ccccc1Cl. The maximum Gasteiger partial charge on any atom is 0.317 e. The maximum absolute atomic E-state index is 11.9. The van der Waals surface area contributed by atoms with Gasteiger partial charge < -0.3 is 10.2 Å². The van der Waals surface area contributed by atoms with Gasteiger partial charge in [-0.3, -0.25) is 0 Å². The molecule has 0 fully saturated rings. The second kappa shape index (κ2) is 5.92. The van der Waals surface area contributed by atoms with E-state index in [1.165, 1.54) is 0 Å². The summed E-state index contributed by atoms with van der Waals surface area (Å²) in [5.74, 6) is 0. The van der Waals surface area contributed by atoms with Gasteiger partial charge in [-0.25, -0.2) is 4.79 Å². The van der Waals surface area contributed by atoms with Crippen LogP contribution in [0.5, 0.6) is 0 Å². The zero-order chi connectivity index (χ0) is 13.0. The minimum Gasteiger partial charge on any atom is -0.336 e. The van der Waals surface area contributed by atoms with Gasteiger partial charge >= 0.3 is 6.03 Å². The third-order valence-electron chi connectivity index (χ3n) is 2.67. The number of nitrogens with zero attached hydrogens (tertiary/aromatic N) is 1. The van der Waals surface area contributed by atoms with E-state index in [4.69, 9.17) is 11.6 Å². The molecule has 1 rings (SSSR count). The molecule has 4 heteroatoms. The van der Waals surface area contributed by atoms with E-state index >= 15 is 0 Å². The van der Waals surface area contributed by atoms with Crippen LogP contribution in [0, 0.1) is 0 Å². The Bertz CT molecular complexity index is 393. The average Bonchev–Trinajstić information content (AvgIpc) is 2.27. The van der Waals surface area contributed by atoms with E-state index in [0.29, 0.717) is 5.02 Å². The molecule has 0 bridgehead atoms. The Hall–Kier alpha value is -1.22. The Morgan fingerprint density at radius 1 is 1.29 bits per heavy atom. The third kappa shape index (κ3) is 3.63. The Morgan fingerprint density at radius 2 is 1.88 bits per heavy atom. The fraction of sp³-hybridized carbons (Fsp3) is 0.462. The molecule has 1 atom stereocenters. The Labute approximate surface area is 108 Å². The van der Waals surface area contributed by atoms with Crippen molar-refractivity contribution in [3.05, 3.63) is 34.9 Å². The molecule has 0 aliphatic carbocycles. The van der Waals surface area contributed by atoms with Crippen LogP contribution in [-0.2, 0) is 0 Å². The van der Waals surface area contributed by atoms with Crippen molar-refractivity contribution in [3.8, 4) is 0 Å². The minimum absolute atomic E-state index is 0.0533. The van der Waals surface area contributed by atoms with Gasteiger partial charge in [0.2, 0.25) is 0 Å². The first-order valence-corrected chi connectivity index (χ1v) is 6.09. The lowest BCUT2D eigenvalue weighted by Crippen LogP contribution is -2.41. The summed E-state index contributed by atoms with van der Waals surface area (Å²) >= 11 is 6.12. The summed E-state index contributed by atoms with van der Waals surface area (Å²) in [4.78, 5) is 13.5. The second-order valence-corrected chi connectivity index (χ2v) is 4.82. The van der Waals surface area contributed by atoms with Gasteiger partial charge in [0, 0.05) is 18.1 Å². The van der Waals surface area contributed by atoms with E-state index in [9.17, 15) is 4.79 Å². The molecule has 0 aliphatic heterocycles. The smallest absolute Gasteiger partial charge is 0.317 e. The van der Waals surface area contributed by atoms with Crippen molar-refractivity contribution in [2.24, 2.45) is 0 Å². The van der Waals surface area contributed by atoms with E-state index in [1.807, 2.05) is 45.0 Å². The average molecular weight is 255 g/mol. The fourth-order valence-electron chi connectivity index (χ4n) is 1.55. The quantitative estimate of drug-likeness (QED) is 0.880. The number of carbonyl (C=O) groups excluding carboxylic acids is 1. The minimum atomic E-state index is -0.0904. The lowest BCUT2D eigenvalue weighted by Gasteiger charge is -2.27. The predicted octanol–water partition coefficient (Wildman–Crippen LogP) is 3.45. The van der Waals surface area contributed by atoms with Crippen LogP contribution in [0.25, 0.3) is 0 Å². The number of urea groups is 1. The van der Waals surface area contributed by atoms with E-state index in [0.717, 1.165) is 5.56 Å². The molecular formula is C13H19ClN2O. The van der Waals surface area contributed by atoms with Crippen molar-refractivity contribution in [2.45, 2.75) is 32.9 Å². The molecule has 1 aromatic rings. The highest BCUT2D eigenvalue weighted by atomic mass is 35.5. The molecule has 0 radical (unpaired) electrons. The molecule has 0 heterocycles. The first-order chi connectivity index (χ1) is 7.93. The van der Waals surface area contributed by atoms with Crippen molar-refractivity contribution in [3.63, 3.8) is 0 Å². The molecule has 1 aromatic carbocycles. The number of nitrogens with one attached hydrogen (secondary N) is 1. The number of rotatable bonds is 3. The van der Waals surface area contributed by atoms with Crippen molar-refractivity contribution < 1.29 is 4.79 Å². The standard InChI is InChI=1S/C13H19ClN2O/c1-9(2)15-13(17)16(4)10(3)11-7-5-6-8-12(11)14/h5-10H,1-4H3,(H,15,17). The number of carbonyl (C=O) groups is 1. The molecule has 2 amide bonds. The van der Waals surface area contributed by atoms with Crippen LogP contribution in [0.1, 0.15) is 32.4 Å². The summed E-state index contributed by atoms with van der Waals surface area (Å²) < 4.78 is 0. The van der Waals surface area contributed by atoms with Crippen LogP contribution in [0.15, 0.2) is 24.3 Å². The van der Waals surface area contributed by atoms with Crippen molar-refractivity contribution in [1.82, 2.24) is 10.2 Å². The van der Waals surface area contributed by atoms with Crippen LogP contribution >= 0.6 is 11.6 Å². The van der Waals surface area contributed by atoms with Gasteiger partial charge in [-0.15, -0.1) is 0 Å². The van der Waals surface area contributed by atoms with Gasteiger partial charge in [0.05, 0.1) is 6.04 Å². The van der Waals surface area contributed by atoms with Gasteiger partial charge in [-0.05, 0) is 32.4 Å². The summed E-state index contributed by atoms with van der Waals surface area (Å²) in [5.41, 5.74) is 0.954. The van der Waals surface area contributed by atoms with Crippen LogP contribution in [-0.4, -0.2) is 24.0 Å². The van der Waals surface area contributed by atoms with Gasteiger partial charge in [-0.1, -0.05) is 29.8 Å². The summed E-state index contributed by atoms with van der Waals surface area (Å²) in [7, 11) is 1.77. The first-order valence-electron chi connectivity index (χ1n) is 5.71. The maximum atomic E-state index is 11.9. The Morgan fingerprint density at radius 3 is 2.41 bits per heavy atom. The number of halogens is 1. The molecular weight excluding hydrogens is 236 g/mol. The lowest BCUT2D eigenvalue weighted by atomic mass is 10.1. The summed E-state index contributed by atoms with van der Waals surface area (Å²) in [5, 5.41) is 3.54. The topological polar surface area (TPSA) is 32.3 Å². The highest BCUT2D eigenvalue weighted by molar-refractivity contribution is 6.31. The lowest BCUT2D eigenvalue weighted by molar-refractivity contribution is 0.192. The first kappa shape index (κ1) is 13.8. The number of hydrogen-bond acceptors (Lipinski definition) is 1. The molecule has 94 valence electrons. The Kier molecular flexibility index (Phi) is 4.82. The van der Waals surface area contributed by atoms with E-state index in [1.54, 1.807) is 11.9 Å². The largest absolute Gasteiger partial charge is 0.336 e. The van der Waals surface area contributed by atoms with Crippen LogP contribution in [0.4, 0.5) is 4.79 Å². The molecule has 0 saturated carbocycles.